The van der Waals surface area contributed by atoms with Gasteiger partial charge in [0.1, 0.15) is 5.82 Å². The van der Waals surface area contributed by atoms with E-state index in [0.29, 0.717) is 25.3 Å². The topological polar surface area (TPSA) is 76.3 Å². The van der Waals surface area contributed by atoms with E-state index in [1.54, 1.807) is 16.6 Å². The first-order valence-corrected chi connectivity index (χ1v) is 8.44. The van der Waals surface area contributed by atoms with Crippen molar-refractivity contribution >= 4 is 15.8 Å². The Morgan fingerprint density at radius 3 is 2.71 bits per heavy atom. The Balaban J connectivity index is 1.85. The fourth-order valence-electron chi connectivity index (χ4n) is 2.50. The van der Waals surface area contributed by atoms with Crippen LogP contribution in [0.5, 0.6) is 0 Å². The molecule has 1 saturated heterocycles. The van der Waals surface area contributed by atoms with Crippen LogP contribution in [0.1, 0.15) is 12.0 Å². The van der Waals surface area contributed by atoms with Gasteiger partial charge in [0.25, 0.3) is 0 Å². The molecule has 2 aromatic rings. The van der Waals surface area contributed by atoms with Crippen LogP contribution in [0.15, 0.2) is 42.6 Å². The maximum atomic E-state index is 11.9. The molecule has 0 spiro atoms. The van der Waals surface area contributed by atoms with Crippen LogP contribution in [0.3, 0.4) is 0 Å². The van der Waals surface area contributed by atoms with Crippen LogP contribution in [0.2, 0.25) is 0 Å². The summed E-state index contributed by atoms with van der Waals surface area (Å²) in [6.45, 7) is 1.04. The maximum absolute atomic E-state index is 11.9. The normalized spacial score (nSPS) is 17.9. The third kappa shape index (κ3) is 3.06. The minimum absolute atomic E-state index is 0.259. The number of nitrogens with zero attached hydrogens (tertiary/aromatic N) is 2. The highest BCUT2D eigenvalue weighted by molar-refractivity contribution is 7.89. The zero-order valence-electron chi connectivity index (χ0n) is 11.6. The van der Waals surface area contributed by atoms with E-state index in [1.807, 2.05) is 30.3 Å². The molecule has 1 fully saturated rings. The molecule has 2 heterocycles. The third-order valence-corrected chi connectivity index (χ3v) is 5.51. The van der Waals surface area contributed by atoms with E-state index in [0.717, 1.165) is 16.7 Å². The molecule has 0 bridgehead atoms. The van der Waals surface area contributed by atoms with Gasteiger partial charge in [-0.05, 0) is 35.7 Å². The van der Waals surface area contributed by atoms with Crippen LogP contribution < -0.4 is 5.73 Å². The van der Waals surface area contributed by atoms with Gasteiger partial charge in [0, 0.05) is 24.8 Å². The van der Waals surface area contributed by atoms with E-state index in [-0.39, 0.29) is 5.75 Å². The van der Waals surface area contributed by atoms with Crippen molar-refractivity contribution in [1.29, 1.82) is 0 Å². The van der Waals surface area contributed by atoms with Crippen molar-refractivity contribution in [3.63, 3.8) is 0 Å². The minimum atomic E-state index is -3.06. The predicted molar refractivity (Wildman–Crippen MR) is 82.9 cm³/mol. The summed E-state index contributed by atoms with van der Waals surface area (Å²) in [7, 11) is -3.06. The second-order valence-corrected chi connectivity index (χ2v) is 7.26. The van der Waals surface area contributed by atoms with Crippen LogP contribution >= 0.6 is 0 Å². The van der Waals surface area contributed by atoms with Crippen LogP contribution in [-0.4, -0.2) is 30.0 Å². The molecule has 1 aromatic carbocycles. The number of rotatable bonds is 3. The number of pyridine rings is 1. The van der Waals surface area contributed by atoms with E-state index in [2.05, 4.69) is 4.98 Å². The molecule has 0 unspecified atom stereocenters. The Morgan fingerprint density at radius 1 is 1.19 bits per heavy atom. The summed E-state index contributed by atoms with van der Waals surface area (Å²) in [6, 6.07) is 11.5. The lowest BCUT2D eigenvalue weighted by molar-refractivity contribution is 0.440. The van der Waals surface area contributed by atoms with Crippen molar-refractivity contribution in [3.8, 4) is 11.1 Å². The van der Waals surface area contributed by atoms with Gasteiger partial charge in [-0.2, -0.15) is 4.31 Å². The molecular formula is C15H17N3O2S. The molecule has 21 heavy (non-hydrogen) atoms. The Morgan fingerprint density at radius 2 is 2.05 bits per heavy atom. The lowest BCUT2D eigenvalue weighted by atomic mass is 10.0. The van der Waals surface area contributed by atoms with Gasteiger partial charge in [0.05, 0.1) is 5.75 Å². The van der Waals surface area contributed by atoms with Gasteiger partial charge in [0.15, 0.2) is 0 Å². The van der Waals surface area contributed by atoms with E-state index in [4.69, 9.17) is 5.73 Å². The second-order valence-electron chi connectivity index (χ2n) is 5.18. The summed E-state index contributed by atoms with van der Waals surface area (Å²) in [5.41, 5.74) is 8.55. The van der Waals surface area contributed by atoms with Gasteiger partial charge in [-0.25, -0.2) is 13.4 Å². The van der Waals surface area contributed by atoms with Crippen molar-refractivity contribution in [2.75, 3.05) is 18.0 Å². The second kappa shape index (κ2) is 5.46. The number of benzene rings is 1. The van der Waals surface area contributed by atoms with Crippen LogP contribution in [0, 0.1) is 0 Å². The molecule has 1 aliphatic heterocycles. The summed E-state index contributed by atoms with van der Waals surface area (Å²) in [4.78, 5) is 4.08. The monoisotopic (exact) mass is 303 g/mol. The van der Waals surface area contributed by atoms with Gasteiger partial charge in [-0.1, -0.05) is 18.2 Å². The highest BCUT2D eigenvalue weighted by Gasteiger charge is 2.27. The highest BCUT2D eigenvalue weighted by atomic mass is 32.2. The van der Waals surface area contributed by atoms with E-state index < -0.39 is 10.0 Å². The van der Waals surface area contributed by atoms with Crippen LogP contribution in [-0.2, 0) is 16.6 Å². The van der Waals surface area contributed by atoms with Crippen molar-refractivity contribution in [3.05, 3.63) is 48.2 Å². The summed E-state index contributed by atoms with van der Waals surface area (Å²) in [6.07, 6.45) is 2.44. The molecule has 110 valence electrons. The summed E-state index contributed by atoms with van der Waals surface area (Å²) in [5, 5.41) is 0. The molecule has 3 rings (SSSR count). The molecule has 0 amide bonds. The van der Waals surface area contributed by atoms with Crippen molar-refractivity contribution in [2.24, 2.45) is 0 Å². The Bertz CT molecular complexity index is 742. The minimum Gasteiger partial charge on any atom is -0.384 e. The molecule has 5 nitrogen and oxygen atoms in total. The molecule has 0 saturated carbocycles. The van der Waals surface area contributed by atoms with Crippen molar-refractivity contribution in [2.45, 2.75) is 13.0 Å². The number of nitrogens with two attached hydrogens (primary N) is 1. The summed E-state index contributed by atoms with van der Waals surface area (Å²) in [5.74, 6) is 0.743. The largest absolute Gasteiger partial charge is 0.384 e. The Labute approximate surface area is 124 Å². The van der Waals surface area contributed by atoms with Crippen LogP contribution in [0.25, 0.3) is 11.1 Å². The SMILES string of the molecule is Nc1ccc(-c2cccc(CN3CCCS3(=O)=O)c2)cn1. The van der Waals surface area contributed by atoms with Crippen LogP contribution in [0.4, 0.5) is 5.82 Å². The summed E-state index contributed by atoms with van der Waals surface area (Å²) < 4.78 is 25.3. The van der Waals surface area contributed by atoms with Crippen molar-refractivity contribution < 1.29 is 8.42 Å². The average molecular weight is 303 g/mol. The van der Waals surface area contributed by atoms with Gasteiger partial charge in [-0.15, -0.1) is 0 Å². The fourth-order valence-corrected chi connectivity index (χ4v) is 4.00. The standard InChI is InChI=1S/C15H17N3O2S/c16-15-6-5-14(10-17-15)13-4-1-3-12(9-13)11-18-7-2-8-21(18,19)20/h1,3-6,9-10H,2,7-8,11H2,(H2,16,17). The predicted octanol–water partition coefficient (Wildman–Crippen LogP) is 1.87. The number of aromatic nitrogens is 1. The maximum Gasteiger partial charge on any atom is 0.214 e. The average Bonchev–Trinajstić information content (AvgIpc) is 2.79. The third-order valence-electron chi connectivity index (χ3n) is 3.61. The fraction of sp³-hybridized carbons (Fsp3) is 0.267. The number of hydrogen-bond acceptors (Lipinski definition) is 4. The molecule has 1 aromatic heterocycles. The number of nitrogen functional groups attached to an aromatic ring is 1. The zero-order chi connectivity index (χ0) is 14.9. The molecular weight excluding hydrogens is 286 g/mol. The Hall–Kier alpha value is -1.92. The molecule has 0 aliphatic carbocycles. The molecule has 2 N–H and O–H groups in total. The van der Waals surface area contributed by atoms with E-state index >= 15 is 0 Å². The first-order valence-electron chi connectivity index (χ1n) is 6.83. The first-order chi connectivity index (χ1) is 10.0. The van der Waals surface area contributed by atoms with E-state index in [9.17, 15) is 8.42 Å². The Kier molecular flexibility index (Phi) is 3.65. The lowest BCUT2D eigenvalue weighted by Crippen LogP contribution is -2.25. The van der Waals surface area contributed by atoms with Crippen molar-refractivity contribution in [1.82, 2.24) is 9.29 Å². The first kappa shape index (κ1) is 14.0. The number of sulfonamides is 1. The highest BCUT2D eigenvalue weighted by Crippen LogP contribution is 2.23. The van der Waals surface area contributed by atoms with Gasteiger partial charge >= 0.3 is 0 Å². The smallest absolute Gasteiger partial charge is 0.214 e. The quantitative estimate of drug-likeness (QED) is 0.939. The molecule has 0 radical (unpaired) electrons. The molecule has 6 heteroatoms. The van der Waals surface area contributed by atoms with Gasteiger partial charge in [-0.3, -0.25) is 0 Å². The van der Waals surface area contributed by atoms with Gasteiger partial charge < -0.3 is 5.73 Å². The van der Waals surface area contributed by atoms with Gasteiger partial charge in [0.2, 0.25) is 10.0 Å². The summed E-state index contributed by atoms with van der Waals surface area (Å²) >= 11 is 0. The number of anilines is 1. The lowest BCUT2D eigenvalue weighted by Gasteiger charge is -2.14. The molecule has 0 atom stereocenters. The molecule has 1 aliphatic rings. The zero-order valence-corrected chi connectivity index (χ0v) is 12.4. The number of hydrogen-bond donors (Lipinski definition) is 1. The van der Waals surface area contributed by atoms with E-state index in [1.165, 1.54) is 0 Å².